The lowest BCUT2D eigenvalue weighted by molar-refractivity contribution is -0.130. The predicted octanol–water partition coefficient (Wildman–Crippen LogP) is 3.33. The lowest BCUT2D eigenvalue weighted by Gasteiger charge is -2.26. The lowest BCUT2D eigenvalue weighted by Crippen LogP contribution is -2.53. The molecule has 0 atom stereocenters. The zero-order chi connectivity index (χ0) is 21.3. The smallest absolute Gasteiger partial charge is 0.331 e. The monoisotopic (exact) mass is 403 g/mol. The zero-order valence-electron chi connectivity index (χ0n) is 16.7. The van der Waals surface area contributed by atoms with E-state index in [1.165, 1.54) is 0 Å². The van der Waals surface area contributed by atoms with Gasteiger partial charge in [-0.05, 0) is 36.8 Å². The van der Waals surface area contributed by atoms with Crippen LogP contribution in [0.25, 0.3) is 17.0 Å². The second-order valence-corrected chi connectivity index (χ2v) is 6.94. The maximum atomic E-state index is 13.0. The molecule has 30 heavy (non-hydrogen) atoms. The van der Waals surface area contributed by atoms with Crippen LogP contribution in [0.2, 0.25) is 0 Å². The van der Waals surface area contributed by atoms with Crippen LogP contribution in [-0.4, -0.2) is 34.4 Å². The molecule has 2 heterocycles. The number of urea groups is 1. The number of ether oxygens (including phenoxy) is 1. The Kier molecular flexibility index (Phi) is 5.10. The number of methoxy groups -OCH3 is 1. The van der Waals surface area contributed by atoms with Gasteiger partial charge in [-0.2, -0.15) is 0 Å². The van der Waals surface area contributed by atoms with Crippen LogP contribution in [0, 0.1) is 0 Å². The summed E-state index contributed by atoms with van der Waals surface area (Å²) < 4.78 is 7.18. The van der Waals surface area contributed by atoms with Crippen molar-refractivity contribution in [1.29, 1.82) is 0 Å². The zero-order valence-corrected chi connectivity index (χ0v) is 16.7. The minimum atomic E-state index is -0.728. The van der Waals surface area contributed by atoms with Crippen molar-refractivity contribution in [3.05, 3.63) is 71.4 Å². The number of amides is 4. The summed E-state index contributed by atoms with van der Waals surface area (Å²) in [4.78, 5) is 38.8. The second-order valence-electron chi connectivity index (χ2n) is 6.94. The highest BCUT2D eigenvalue weighted by Gasteiger charge is 2.35. The second kappa shape index (κ2) is 7.87. The molecule has 1 fully saturated rings. The maximum Gasteiger partial charge on any atom is 0.331 e. The van der Waals surface area contributed by atoms with Crippen molar-refractivity contribution < 1.29 is 19.1 Å². The number of rotatable bonds is 5. The number of carbonyl (C=O) groups is 3. The number of aryl methyl sites for hydroxylation is 1. The minimum Gasteiger partial charge on any atom is -0.497 e. The van der Waals surface area contributed by atoms with Crippen molar-refractivity contribution in [3.63, 3.8) is 0 Å². The fourth-order valence-electron chi connectivity index (χ4n) is 3.56. The van der Waals surface area contributed by atoms with Gasteiger partial charge >= 0.3 is 6.03 Å². The van der Waals surface area contributed by atoms with E-state index < -0.39 is 17.8 Å². The molecule has 7 heteroatoms. The fourth-order valence-corrected chi connectivity index (χ4v) is 3.56. The van der Waals surface area contributed by atoms with Crippen molar-refractivity contribution in [1.82, 2.24) is 14.8 Å². The molecule has 0 spiro atoms. The summed E-state index contributed by atoms with van der Waals surface area (Å²) in [6, 6.07) is 14.1. The number of hydrogen-bond acceptors (Lipinski definition) is 4. The highest BCUT2D eigenvalue weighted by Crippen LogP contribution is 2.25. The molecular formula is C23H21N3O4. The molecule has 1 aliphatic heterocycles. The first-order valence-electron chi connectivity index (χ1n) is 9.61. The third kappa shape index (κ3) is 3.45. The summed E-state index contributed by atoms with van der Waals surface area (Å²) in [5.74, 6) is -0.631. The van der Waals surface area contributed by atoms with E-state index in [0.29, 0.717) is 5.75 Å². The Bertz CT molecular complexity index is 1170. The summed E-state index contributed by atoms with van der Waals surface area (Å²) in [5.41, 5.74) is 2.45. The first-order chi connectivity index (χ1) is 14.5. The number of para-hydroxylation sites is 1. The highest BCUT2D eigenvalue weighted by molar-refractivity contribution is 6.31. The van der Waals surface area contributed by atoms with Crippen LogP contribution in [0.4, 0.5) is 4.79 Å². The number of benzene rings is 2. The van der Waals surface area contributed by atoms with Crippen LogP contribution in [0.15, 0.2) is 60.3 Å². The third-order valence-corrected chi connectivity index (χ3v) is 5.15. The van der Waals surface area contributed by atoms with Crippen LogP contribution in [0.5, 0.6) is 5.75 Å². The van der Waals surface area contributed by atoms with Crippen LogP contribution in [-0.2, 0) is 22.7 Å². The van der Waals surface area contributed by atoms with Crippen molar-refractivity contribution in [2.45, 2.75) is 20.0 Å². The summed E-state index contributed by atoms with van der Waals surface area (Å²) in [6.07, 6.45) is 3.46. The largest absolute Gasteiger partial charge is 0.497 e. The Morgan fingerprint density at radius 2 is 1.77 bits per heavy atom. The SMILES string of the molecule is CCn1cc(C=C2C(=O)NC(=O)N(Cc3ccc(OC)cc3)C2=O)c2ccccc21. The summed E-state index contributed by atoms with van der Waals surface area (Å²) in [6.45, 7) is 2.83. The topological polar surface area (TPSA) is 80.6 Å². The Labute approximate surface area is 173 Å². The van der Waals surface area contributed by atoms with Crippen molar-refractivity contribution >= 4 is 34.8 Å². The van der Waals surface area contributed by atoms with Gasteiger partial charge in [0.05, 0.1) is 13.7 Å². The molecule has 152 valence electrons. The quantitative estimate of drug-likeness (QED) is 0.523. The van der Waals surface area contributed by atoms with E-state index in [9.17, 15) is 14.4 Å². The van der Waals surface area contributed by atoms with E-state index in [0.717, 1.165) is 33.5 Å². The molecule has 2 aromatic carbocycles. The number of barbiturate groups is 1. The minimum absolute atomic E-state index is 0.0516. The van der Waals surface area contributed by atoms with Gasteiger partial charge in [-0.1, -0.05) is 30.3 Å². The van der Waals surface area contributed by atoms with Crippen LogP contribution >= 0.6 is 0 Å². The summed E-state index contributed by atoms with van der Waals surface area (Å²) in [7, 11) is 1.56. The number of aromatic nitrogens is 1. The van der Waals surface area contributed by atoms with Gasteiger partial charge in [-0.15, -0.1) is 0 Å². The molecule has 1 aromatic heterocycles. The molecule has 0 radical (unpaired) electrons. The van der Waals surface area contributed by atoms with E-state index >= 15 is 0 Å². The van der Waals surface area contributed by atoms with Gasteiger partial charge in [0.25, 0.3) is 11.8 Å². The Balaban J connectivity index is 1.69. The van der Waals surface area contributed by atoms with Gasteiger partial charge < -0.3 is 9.30 Å². The number of hydrogen-bond donors (Lipinski definition) is 1. The molecule has 1 N–H and O–H groups in total. The van der Waals surface area contributed by atoms with Crippen molar-refractivity contribution in [2.75, 3.05) is 7.11 Å². The first-order valence-corrected chi connectivity index (χ1v) is 9.61. The van der Waals surface area contributed by atoms with Crippen molar-refractivity contribution in [3.8, 4) is 5.75 Å². The van der Waals surface area contributed by atoms with Crippen LogP contribution in [0.3, 0.4) is 0 Å². The molecule has 0 unspecified atom stereocenters. The van der Waals surface area contributed by atoms with E-state index in [4.69, 9.17) is 4.74 Å². The highest BCUT2D eigenvalue weighted by atomic mass is 16.5. The Hall–Kier alpha value is -3.87. The Morgan fingerprint density at radius 1 is 1.03 bits per heavy atom. The predicted molar refractivity (Wildman–Crippen MR) is 113 cm³/mol. The van der Waals surface area contributed by atoms with E-state index in [-0.39, 0.29) is 12.1 Å². The number of nitrogens with zero attached hydrogens (tertiary/aromatic N) is 2. The molecule has 1 saturated heterocycles. The molecule has 0 bridgehead atoms. The molecule has 3 aromatic rings. The average molecular weight is 403 g/mol. The van der Waals surface area contributed by atoms with Gasteiger partial charge in [0, 0.05) is 29.2 Å². The molecule has 0 saturated carbocycles. The maximum absolute atomic E-state index is 13.0. The van der Waals surface area contributed by atoms with Crippen molar-refractivity contribution in [2.24, 2.45) is 0 Å². The van der Waals surface area contributed by atoms with Crippen LogP contribution < -0.4 is 10.1 Å². The van der Waals surface area contributed by atoms with Gasteiger partial charge in [0.15, 0.2) is 0 Å². The number of nitrogens with one attached hydrogen (secondary N) is 1. The third-order valence-electron chi connectivity index (χ3n) is 5.15. The lowest BCUT2D eigenvalue weighted by atomic mass is 10.1. The fraction of sp³-hybridized carbons (Fsp3) is 0.174. The van der Waals surface area contributed by atoms with Gasteiger partial charge in [0.2, 0.25) is 0 Å². The summed E-state index contributed by atoms with van der Waals surface area (Å²) in [5, 5.41) is 3.21. The summed E-state index contributed by atoms with van der Waals surface area (Å²) >= 11 is 0. The molecule has 4 amide bonds. The van der Waals surface area contributed by atoms with Gasteiger partial charge in [-0.3, -0.25) is 19.8 Å². The molecule has 7 nitrogen and oxygen atoms in total. The molecular weight excluding hydrogens is 382 g/mol. The first kappa shape index (κ1) is 19.4. The molecule has 4 rings (SSSR count). The normalized spacial score (nSPS) is 15.7. The van der Waals surface area contributed by atoms with Gasteiger partial charge in [0.1, 0.15) is 11.3 Å². The van der Waals surface area contributed by atoms with E-state index in [1.54, 1.807) is 37.5 Å². The molecule has 0 aliphatic carbocycles. The average Bonchev–Trinajstić information content (AvgIpc) is 3.12. The standard InChI is InChI=1S/C23H21N3O4/c1-3-25-14-16(18-6-4-5-7-20(18)25)12-19-21(27)24-23(29)26(22(19)28)13-15-8-10-17(30-2)11-9-15/h4-12,14H,3,13H2,1-2H3,(H,24,27,29). The van der Waals surface area contributed by atoms with Crippen LogP contribution in [0.1, 0.15) is 18.1 Å². The number of carbonyl (C=O) groups excluding carboxylic acids is 3. The molecule has 1 aliphatic rings. The number of imide groups is 2. The number of fused-ring (bicyclic) bond motifs is 1. The van der Waals surface area contributed by atoms with E-state index in [2.05, 4.69) is 5.32 Å². The van der Waals surface area contributed by atoms with Gasteiger partial charge in [-0.25, -0.2) is 4.79 Å². The van der Waals surface area contributed by atoms with E-state index in [1.807, 2.05) is 42.0 Å². The Morgan fingerprint density at radius 3 is 2.47 bits per heavy atom.